The number of nitrogens with one attached hydrogen (secondary N) is 2. The molecule has 1 atom stereocenters. The summed E-state index contributed by atoms with van der Waals surface area (Å²) in [6.07, 6.45) is 0.0611. The molecule has 1 heterocycles. The number of hydrazone groups is 1. The van der Waals surface area contributed by atoms with Crippen LogP contribution in [-0.4, -0.2) is 33.1 Å². The van der Waals surface area contributed by atoms with Crippen LogP contribution in [0, 0.1) is 13.8 Å². The van der Waals surface area contributed by atoms with E-state index in [0.29, 0.717) is 18.6 Å². The molecule has 8 nitrogen and oxygen atoms in total. The minimum atomic E-state index is -3.95. The highest BCUT2D eigenvalue weighted by atomic mass is 32.2. The van der Waals surface area contributed by atoms with Gasteiger partial charge >= 0.3 is 0 Å². The van der Waals surface area contributed by atoms with Gasteiger partial charge in [-0.05, 0) is 57.9 Å². The predicted molar refractivity (Wildman–Crippen MR) is 111 cm³/mol. The smallest absolute Gasteiger partial charge is 0.219 e. The molecule has 0 spiro atoms. The maximum atomic E-state index is 13.1. The van der Waals surface area contributed by atoms with Crippen molar-refractivity contribution in [2.45, 2.75) is 49.6 Å². The van der Waals surface area contributed by atoms with Crippen LogP contribution >= 0.6 is 0 Å². The fourth-order valence-corrected chi connectivity index (χ4v) is 5.17. The molecule has 1 unspecified atom stereocenters. The molecule has 3 rings (SSSR count). The number of sulfonamides is 2. The standard InChI is InChI=1S/C19H24N4O4S2/c1-14-4-9-17(10-5-14)28(24,25)22-20-19-13-8-16(3)21-23(19)29(26,27)18-11-6-15(2)7-12-18/h4-7,9-12,19-20,22H,8,13H2,1-3H3. The molecule has 29 heavy (non-hydrogen) atoms. The largest absolute Gasteiger partial charge is 0.280 e. The van der Waals surface area contributed by atoms with Crippen LogP contribution in [0.3, 0.4) is 0 Å². The fraction of sp³-hybridized carbons (Fsp3) is 0.316. The Morgan fingerprint density at radius 3 is 1.93 bits per heavy atom. The second-order valence-corrected chi connectivity index (χ2v) is 10.5. The third-order valence-corrected chi connectivity index (χ3v) is 7.55. The predicted octanol–water partition coefficient (Wildman–Crippen LogP) is 2.27. The van der Waals surface area contributed by atoms with E-state index in [0.717, 1.165) is 15.5 Å². The van der Waals surface area contributed by atoms with E-state index in [9.17, 15) is 16.8 Å². The molecule has 2 aromatic carbocycles. The van der Waals surface area contributed by atoms with Crippen molar-refractivity contribution in [1.82, 2.24) is 14.7 Å². The molecule has 2 N–H and O–H groups in total. The van der Waals surface area contributed by atoms with Crippen LogP contribution in [0.25, 0.3) is 0 Å². The van der Waals surface area contributed by atoms with Gasteiger partial charge in [0, 0.05) is 5.71 Å². The van der Waals surface area contributed by atoms with Gasteiger partial charge in [0.25, 0.3) is 20.0 Å². The maximum Gasteiger partial charge on any atom is 0.280 e. The molecule has 10 heteroatoms. The van der Waals surface area contributed by atoms with Crippen LogP contribution in [0.15, 0.2) is 63.4 Å². The summed E-state index contributed by atoms with van der Waals surface area (Å²) in [5, 5.41) is 4.18. The summed E-state index contributed by atoms with van der Waals surface area (Å²) in [5.74, 6) is 0. The van der Waals surface area contributed by atoms with E-state index in [2.05, 4.69) is 15.4 Å². The molecule has 0 saturated carbocycles. The van der Waals surface area contributed by atoms with Gasteiger partial charge in [-0.25, -0.2) is 13.8 Å². The van der Waals surface area contributed by atoms with Crippen LogP contribution in [-0.2, 0) is 20.0 Å². The lowest BCUT2D eigenvalue weighted by molar-refractivity contribution is 0.248. The summed E-state index contributed by atoms with van der Waals surface area (Å²) in [6.45, 7) is 5.46. The fourth-order valence-electron chi connectivity index (χ4n) is 2.83. The van der Waals surface area contributed by atoms with Gasteiger partial charge in [0.05, 0.1) is 9.79 Å². The summed E-state index contributed by atoms with van der Waals surface area (Å²) in [5.41, 5.74) is 5.16. The minimum absolute atomic E-state index is 0.0824. The molecule has 1 aliphatic heterocycles. The highest BCUT2D eigenvalue weighted by Crippen LogP contribution is 2.24. The Morgan fingerprint density at radius 2 is 1.38 bits per heavy atom. The van der Waals surface area contributed by atoms with Gasteiger partial charge < -0.3 is 0 Å². The van der Waals surface area contributed by atoms with E-state index in [-0.39, 0.29) is 9.79 Å². The molecule has 2 aromatic rings. The van der Waals surface area contributed by atoms with Crippen molar-refractivity contribution in [2.24, 2.45) is 5.10 Å². The van der Waals surface area contributed by atoms with Gasteiger partial charge in [0.1, 0.15) is 6.17 Å². The Kier molecular flexibility index (Phi) is 6.08. The van der Waals surface area contributed by atoms with Crippen LogP contribution in [0.2, 0.25) is 0 Å². The molecular weight excluding hydrogens is 412 g/mol. The maximum absolute atomic E-state index is 13.1. The van der Waals surface area contributed by atoms with Gasteiger partial charge in [-0.1, -0.05) is 35.4 Å². The zero-order valence-electron chi connectivity index (χ0n) is 16.5. The second kappa shape index (κ2) is 8.23. The molecule has 0 radical (unpaired) electrons. The molecule has 0 bridgehead atoms. The summed E-state index contributed by atoms with van der Waals surface area (Å²) < 4.78 is 52.2. The number of aryl methyl sites for hydroxylation is 2. The number of hydrogen-bond donors (Lipinski definition) is 2. The second-order valence-electron chi connectivity index (χ2n) is 7.04. The van der Waals surface area contributed by atoms with Gasteiger partial charge in [0.2, 0.25) is 0 Å². The summed E-state index contributed by atoms with van der Waals surface area (Å²) in [4.78, 5) is 2.46. The van der Waals surface area contributed by atoms with E-state index in [1.165, 1.54) is 24.3 Å². The Bertz CT molecular complexity index is 1110. The van der Waals surface area contributed by atoms with Crippen molar-refractivity contribution >= 4 is 25.8 Å². The van der Waals surface area contributed by atoms with Crippen molar-refractivity contribution in [2.75, 3.05) is 0 Å². The lowest BCUT2D eigenvalue weighted by Gasteiger charge is -2.32. The lowest BCUT2D eigenvalue weighted by Crippen LogP contribution is -2.54. The topological polar surface area (TPSA) is 108 Å². The monoisotopic (exact) mass is 436 g/mol. The van der Waals surface area contributed by atoms with E-state index < -0.39 is 26.2 Å². The van der Waals surface area contributed by atoms with Crippen molar-refractivity contribution < 1.29 is 16.8 Å². The van der Waals surface area contributed by atoms with Crippen molar-refractivity contribution in [3.8, 4) is 0 Å². The van der Waals surface area contributed by atoms with Crippen molar-refractivity contribution in [1.29, 1.82) is 0 Å². The first-order valence-corrected chi connectivity index (χ1v) is 12.0. The highest BCUT2D eigenvalue weighted by molar-refractivity contribution is 7.89. The SMILES string of the molecule is CC1=NN(S(=O)(=O)c2ccc(C)cc2)C(NNS(=O)(=O)c2ccc(C)cc2)CC1. The number of benzene rings is 2. The molecule has 0 aromatic heterocycles. The van der Waals surface area contributed by atoms with E-state index in [4.69, 9.17) is 0 Å². The molecule has 0 amide bonds. The zero-order chi connectivity index (χ0) is 21.2. The number of hydrazine groups is 1. The number of nitrogens with zero attached hydrogens (tertiary/aromatic N) is 2. The van der Waals surface area contributed by atoms with Crippen LogP contribution in [0.4, 0.5) is 0 Å². The van der Waals surface area contributed by atoms with Gasteiger partial charge in [-0.15, -0.1) is 4.83 Å². The minimum Gasteiger partial charge on any atom is -0.219 e. The van der Waals surface area contributed by atoms with E-state index in [1.54, 1.807) is 31.2 Å². The van der Waals surface area contributed by atoms with Crippen LogP contribution in [0.5, 0.6) is 0 Å². The van der Waals surface area contributed by atoms with Crippen LogP contribution in [0.1, 0.15) is 30.9 Å². The van der Waals surface area contributed by atoms with Gasteiger partial charge in [-0.2, -0.15) is 17.9 Å². The molecule has 156 valence electrons. The molecule has 0 saturated heterocycles. The normalized spacial score (nSPS) is 17.8. The molecular formula is C19H24N4O4S2. The average Bonchev–Trinajstić information content (AvgIpc) is 2.67. The van der Waals surface area contributed by atoms with Gasteiger partial charge in [-0.3, -0.25) is 0 Å². The average molecular weight is 437 g/mol. The first-order valence-electron chi connectivity index (χ1n) is 9.09. The zero-order valence-corrected chi connectivity index (χ0v) is 18.1. The highest BCUT2D eigenvalue weighted by Gasteiger charge is 2.34. The van der Waals surface area contributed by atoms with E-state index >= 15 is 0 Å². The Balaban J connectivity index is 1.84. The number of rotatable bonds is 6. The van der Waals surface area contributed by atoms with Crippen molar-refractivity contribution in [3.05, 3.63) is 59.7 Å². The third kappa shape index (κ3) is 4.84. The first-order chi connectivity index (χ1) is 13.6. The Labute approximate surface area is 171 Å². The third-order valence-electron chi connectivity index (χ3n) is 4.57. The van der Waals surface area contributed by atoms with Crippen LogP contribution < -0.4 is 10.3 Å². The Hall–Kier alpha value is -2.27. The van der Waals surface area contributed by atoms with Gasteiger partial charge in [0.15, 0.2) is 0 Å². The summed E-state index contributed by atoms with van der Waals surface area (Å²) in [7, 11) is -7.81. The quantitative estimate of drug-likeness (QED) is 0.676. The summed E-state index contributed by atoms with van der Waals surface area (Å²) >= 11 is 0. The van der Waals surface area contributed by atoms with E-state index in [1.807, 2.05) is 13.8 Å². The van der Waals surface area contributed by atoms with Crippen molar-refractivity contribution in [3.63, 3.8) is 0 Å². The summed E-state index contributed by atoms with van der Waals surface area (Å²) in [6, 6.07) is 12.8. The first kappa shape index (κ1) is 21.4. The molecule has 0 aliphatic carbocycles. The Morgan fingerprint density at radius 1 is 0.862 bits per heavy atom. The number of hydrogen-bond acceptors (Lipinski definition) is 6. The lowest BCUT2D eigenvalue weighted by atomic mass is 10.2. The molecule has 1 aliphatic rings. The molecule has 0 fully saturated rings.